The van der Waals surface area contributed by atoms with Gasteiger partial charge in [-0.1, -0.05) is 11.6 Å². The Morgan fingerprint density at radius 2 is 1.43 bits per heavy atom. The van der Waals surface area contributed by atoms with Gasteiger partial charge in [0.05, 0.1) is 11.1 Å². The molecule has 1 unspecified atom stereocenters. The predicted octanol–water partition coefficient (Wildman–Crippen LogP) is 3.43. The Balaban J connectivity index is 2.86. The summed E-state index contributed by atoms with van der Waals surface area (Å²) in [5, 5.41) is 0. The zero-order chi connectivity index (χ0) is 22.6. The number of benzene rings is 1. The van der Waals surface area contributed by atoms with Gasteiger partial charge in [-0.3, -0.25) is 24.0 Å². The molecule has 1 aliphatic carbocycles. The van der Waals surface area contributed by atoms with Gasteiger partial charge in [-0.2, -0.15) is 0 Å². The molecule has 1 aliphatic rings. The molecular formula is C22H22O8. The summed E-state index contributed by atoms with van der Waals surface area (Å²) in [6, 6.07) is 1.29. The second-order valence-electron chi connectivity index (χ2n) is 6.91. The van der Waals surface area contributed by atoms with Gasteiger partial charge in [-0.15, -0.1) is 0 Å². The molecule has 8 nitrogen and oxygen atoms in total. The third-order valence-electron chi connectivity index (χ3n) is 4.05. The van der Waals surface area contributed by atoms with E-state index < -0.39 is 35.6 Å². The third-order valence-corrected chi connectivity index (χ3v) is 4.05. The Morgan fingerprint density at radius 3 is 1.93 bits per heavy atom. The van der Waals surface area contributed by atoms with E-state index >= 15 is 0 Å². The fourth-order valence-corrected chi connectivity index (χ4v) is 2.97. The number of allylic oxidation sites excluding steroid dienone is 3. The molecule has 158 valence electrons. The molecule has 0 radical (unpaired) electrons. The summed E-state index contributed by atoms with van der Waals surface area (Å²) in [4.78, 5) is 60.2. The van der Waals surface area contributed by atoms with Crippen LogP contribution in [-0.4, -0.2) is 29.5 Å². The molecular weight excluding hydrogens is 392 g/mol. The zero-order valence-corrected chi connectivity index (χ0v) is 17.4. The lowest BCUT2D eigenvalue weighted by molar-refractivity contribution is -0.146. The molecule has 0 saturated heterocycles. The molecule has 1 aromatic rings. The molecule has 0 heterocycles. The highest BCUT2D eigenvalue weighted by atomic mass is 16.6. The van der Waals surface area contributed by atoms with Crippen LogP contribution in [0.3, 0.4) is 0 Å². The van der Waals surface area contributed by atoms with Crippen molar-refractivity contribution in [2.24, 2.45) is 0 Å². The van der Waals surface area contributed by atoms with Crippen LogP contribution in [0.15, 0.2) is 29.9 Å². The van der Waals surface area contributed by atoms with E-state index in [2.05, 4.69) is 0 Å². The SMILES string of the molecule is CC(=O)Oc1cc(C(CC=C(C)C)OC(C)=O)c(OC(C)=O)c2c1C(=O)C=CC2=O. The molecule has 30 heavy (non-hydrogen) atoms. The van der Waals surface area contributed by atoms with Crippen LogP contribution >= 0.6 is 0 Å². The quantitative estimate of drug-likeness (QED) is 0.395. The molecule has 0 N–H and O–H groups in total. The largest absolute Gasteiger partial charge is 0.457 e. The molecule has 1 atom stereocenters. The van der Waals surface area contributed by atoms with Crippen molar-refractivity contribution >= 4 is 29.5 Å². The minimum atomic E-state index is -0.958. The lowest BCUT2D eigenvalue weighted by Crippen LogP contribution is -2.21. The highest BCUT2D eigenvalue weighted by Crippen LogP contribution is 2.42. The Morgan fingerprint density at radius 1 is 0.867 bits per heavy atom. The molecule has 0 amide bonds. The molecule has 0 fully saturated rings. The first kappa shape index (κ1) is 22.7. The Bertz CT molecular complexity index is 993. The number of ether oxygens (including phenoxy) is 3. The lowest BCUT2D eigenvalue weighted by Gasteiger charge is -2.24. The van der Waals surface area contributed by atoms with E-state index in [9.17, 15) is 24.0 Å². The number of ketones is 2. The Hall–Kier alpha value is -3.55. The molecule has 1 aromatic carbocycles. The molecule has 0 aliphatic heterocycles. The average molecular weight is 414 g/mol. The molecule has 8 heteroatoms. The summed E-state index contributed by atoms with van der Waals surface area (Å²) in [5.74, 6) is -3.65. The summed E-state index contributed by atoms with van der Waals surface area (Å²) < 4.78 is 15.9. The topological polar surface area (TPSA) is 113 Å². The molecule has 0 bridgehead atoms. The van der Waals surface area contributed by atoms with Gasteiger partial charge >= 0.3 is 17.9 Å². The maximum absolute atomic E-state index is 12.6. The molecule has 0 saturated carbocycles. The normalized spacial score (nSPS) is 13.2. The highest BCUT2D eigenvalue weighted by Gasteiger charge is 2.34. The molecule has 0 aromatic heterocycles. The van der Waals surface area contributed by atoms with Gasteiger partial charge in [0.1, 0.15) is 17.6 Å². The van der Waals surface area contributed by atoms with Gasteiger partial charge in [-0.25, -0.2) is 0 Å². The van der Waals surface area contributed by atoms with Crippen molar-refractivity contribution in [1.29, 1.82) is 0 Å². The third kappa shape index (κ3) is 5.28. The zero-order valence-electron chi connectivity index (χ0n) is 17.4. The van der Waals surface area contributed by atoms with Crippen LogP contribution in [0, 0.1) is 0 Å². The lowest BCUT2D eigenvalue weighted by atomic mass is 9.88. The Labute approximate surface area is 173 Å². The van der Waals surface area contributed by atoms with E-state index in [0.29, 0.717) is 0 Å². The first-order valence-corrected chi connectivity index (χ1v) is 9.16. The second-order valence-corrected chi connectivity index (χ2v) is 6.91. The summed E-state index contributed by atoms with van der Waals surface area (Å²) in [6.07, 6.45) is 3.12. The van der Waals surface area contributed by atoms with Crippen LogP contribution in [0.4, 0.5) is 0 Å². The van der Waals surface area contributed by atoms with Crippen LogP contribution in [0.2, 0.25) is 0 Å². The van der Waals surface area contributed by atoms with Gasteiger partial charge < -0.3 is 14.2 Å². The smallest absolute Gasteiger partial charge is 0.308 e. The van der Waals surface area contributed by atoms with Crippen molar-refractivity contribution in [3.63, 3.8) is 0 Å². The minimum Gasteiger partial charge on any atom is -0.457 e. The predicted molar refractivity (Wildman–Crippen MR) is 105 cm³/mol. The van der Waals surface area contributed by atoms with Gasteiger partial charge in [0.15, 0.2) is 11.6 Å². The first-order chi connectivity index (χ1) is 14.0. The van der Waals surface area contributed by atoms with E-state index in [1.54, 1.807) is 6.08 Å². The van der Waals surface area contributed by atoms with E-state index in [1.165, 1.54) is 13.0 Å². The van der Waals surface area contributed by atoms with Crippen molar-refractivity contribution in [2.45, 2.75) is 47.1 Å². The maximum Gasteiger partial charge on any atom is 0.308 e. The number of esters is 3. The van der Waals surface area contributed by atoms with E-state index in [0.717, 1.165) is 31.6 Å². The number of fused-ring (bicyclic) bond motifs is 1. The molecule has 0 spiro atoms. The standard InChI is InChI=1S/C22H22O8/c1-11(2)6-9-18(28-12(3)23)15-10-19(29-13(4)24)20-16(26)7-8-17(27)21(20)22(15)30-14(5)25/h6-8,10,18H,9H2,1-5H3. The number of rotatable bonds is 6. The van der Waals surface area contributed by atoms with Gasteiger partial charge in [0.2, 0.25) is 0 Å². The summed E-state index contributed by atoms with van der Waals surface area (Å²) in [6.45, 7) is 7.19. The van der Waals surface area contributed by atoms with Gasteiger partial charge in [0, 0.05) is 32.8 Å². The van der Waals surface area contributed by atoms with Crippen molar-refractivity contribution in [3.8, 4) is 11.5 Å². The van der Waals surface area contributed by atoms with Crippen molar-refractivity contribution in [1.82, 2.24) is 0 Å². The minimum absolute atomic E-state index is 0.129. The maximum atomic E-state index is 12.6. The first-order valence-electron chi connectivity index (χ1n) is 9.16. The number of carbonyl (C=O) groups is 5. The number of hydrogen-bond acceptors (Lipinski definition) is 8. The van der Waals surface area contributed by atoms with E-state index in [1.807, 2.05) is 13.8 Å². The van der Waals surface area contributed by atoms with Crippen LogP contribution < -0.4 is 9.47 Å². The van der Waals surface area contributed by atoms with Crippen molar-refractivity contribution < 1.29 is 38.2 Å². The van der Waals surface area contributed by atoms with Crippen LogP contribution in [0.1, 0.15) is 73.4 Å². The second kappa shape index (κ2) is 9.30. The fourth-order valence-electron chi connectivity index (χ4n) is 2.97. The molecule has 2 rings (SSSR count). The van der Waals surface area contributed by atoms with Crippen LogP contribution in [0.25, 0.3) is 0 Å². The van der Waals surface area contributed by atoms with E-state index in [4.69, 9.17) is 14.2 Å². The number of hydrogen-bond donors (Lipinski definition) is 0. The van der Waals surface area contributed by atoms with Crippen molar-refractivity contribution in [2.75, 3.05) is 0 Å². The summed E-state index contributed by atoms with van der Waals surface area (Å²) in [7, 11) is 0. The van der Waals surface area contributed by atoms with Crippen LogP contribution in [-0.2, 0) is 19.1 Å². The van der Waals surface area contributed by atoms with Crippen molar-refractivity contribution in [3.05, 3.63) is 46.6 Å². The monoisotopic (exact) mass is 414 g/mol. The Kier molecular flexibility index (Phi) is 7.05. The number of carbonyl (C=O) groups excluding carboxylic acids is 5. The fraction of sp³-hybridized carbons (Fsp3) is 0.318. The average Bonchev–Trinajstić information content (AvgIpc) is 2.61. The van der Waals surface area contributed by atoms with Gasteiger partial charge in [0.25, 0.3) is 0 Å². The van der Waals surface area contributed by atoms with Crippen LogP contribution in [0.5, 0.6) is 11.5 Å². The van der Waals surface area contributed by atoms with Gasteiger partial charge in [-0.05, 0) is 32.1 Å². The van der Waals surface area contributed by atoms with E-state index in [-0.39, 0.29) is 34.6 Å². The summed E-state index contributed by atoms with van der Waals surface area (Å²) >= 11 is 0. The highest BCUT2D eigenvalue weighted by molar-refractivity contribution is 6.24. The summed E-state index contributed by atoms with van der Waals surface area (Å²) in [5.41, 5.74) is 0.653.